The van der Waals surface area contributed by atoms with E-state index in [9.17, 15) is 18.0 Å². The topological polar surface area (TPSA) is 44.1 Å². The number of halogens is 5. The van der Waals surface area contributed by atoms with Gasteiger partial charge in [0.15, 0.2) is 5.75 Å². The molecule has 0 unspecified atom stereocenters. The maximum atomic E-state index is 13.7. The van der Waals surface area contributed by atoms with Crippen molar-refractivity contribution < 1.29 is 17.9 Å². The highest BCUT2D eigenvalue weighted by atomic mass is 79.9. The number of benzene rings is 2. The van der Waals surface area contributed by atoms with Crippen molar-refractivity contribution in [2.45, 2.75) is 13.5 Å². The number of ether oxygens (including phenoxy) is 1. The van der Waals surface area contributed by atoms with Crippen LogP contribution in [0.25, 0.3) is 5.69 Å². The van der Waals surface area contributed by atoms with Crippen LogP contribution in [0.4, 0.5) is 13.2 Å². The second-order valence-corrected chi connectivity index (χ2v) is 6.78. The molecule has 0 aliphatic heterocycles. The van der Waals surface area contributed by atoms with Crippen LogP contribution >= 0.6 is 27.5 Å². The summed E-state index contributed by atoms with van der Waals surface area (Å²) >= 11 is 9.27. The smallest absolute Gasteiger partial charge is 0.289 e. The van der Waals surface area contributed by atoms with E-state index in [4.69, 9.17) is 16.3 Å². The Morgan fingerprint density at radius 3 is 2.52 bits per heavy atom. The van der Waals surface area contributed by atoms with Crippen molar-refractivity contribution in [3.05, 3.63) is 85.0 Å². The van der Waals surface area contributed by atoms with Gasteiger partial charge in [-0.05, 0) is 34.5 Å². The summed E-state index contributed by atoms with van der Waals surface area (Å²) in [5, 5.41) is 4.35. The van der Waals surface area contributed by atoms with E-state index in [0.717, 1.165) is 10.2 Å². The van der Waals surface area contributed by atoms with Crippen molar-refractivity contribution in [3.63, 3.8) is 0 Å². The van der Waals surface area contributed by atoms with Gasteiger partial charge in [0.25, 0.3) is 5.56 Å². The van der Waals surface area contributed by atoms with E-state index in [1.54, 1.807) is 25.1 Å². The zero-order valence-corrected chi connectivity index (χ0v) is 16.1. The van der Waals surface area contributed by atoms with Crippen molar-refractivity contribution in [3.8, 4) is 11.4 Å². The monoisotopic (exact) mass is 458 g/mol. The quantitative estimate of drug-likeness (QED) is 0.554. The molecule has 1 aromatic heterocycles. The first kappa shape index (κ1) is 19.4. The Hall–Kier alpha value is -2.32. The Labute approximate surface area is 165 Å². The average Bonchev–Trinajstić information content (AvgIpc) is 2.59. The van der Waals surface area contributed by atoms with Gasteiger partial charge in [0.1, 0.15) is 28.5 Å². The fourth-order valence-corrected chi connectivity index (χ4v) is 3.12. The summed E-state index contributed by atoms with van der Waals surface area (Å²) in [5.41, 5.74) is 0.110. The van der Waals surface area contributed by atoms with Gasteiger partial charge in [-0.25, -0.2) is 13.2 Å². The molecule has 0 amide bonds. The first-order chi connectivity index (χ1) is 12.8. The lowest BCUT2D eigenvalue weighted by molar-refractivity contribution is 0.287. The van der Waals surface area contributed by atoms with Gasteiger partial charge in [-0.15, -0.1) is 0 Å². The molecule has 0 atom stereocenters. The minimum atomic E-state index is -1.09. The molecule has 3 rings (SSSR count). The number of hydrogen-bond acceptors (Lipinski definition) is 3. The maximum absolute atomic E-state index is 13.7. The van der Waals surface area contributed by atoms with E-state index in [2.05, 4.69) is 21.0 Å². The van der Waals surface area contributed by atoms with Gasteiger partial charge < -0.3 is 4.74 Å². The SMILES string of the molecule is Cc1cccc(Cl)c1-n1ncc(OCc2c(F)cc(F)cc2F)c(Br)c1=O. The van der Waals surface area contributed by atoms with Gasteiger partial charge in [0.2, 0.25) is 0 Å². The molecule has 0 spiro atoms. The van der Waals surface area contributed by atoms with Crippen LogP contribution in [0.5, 0.6) is 5.75 Å². The summed E-state index contributed by atoms with van der Waals surface area (Å²) in [7, 11) is 0. The molecule has 9 heteroatoms. The van der Waals surface area contributed by atoms with Crippen LogP contribution in [0.15, 0.2) is 45.8 Å². The lowest BCUT2D eigenvalue weighted by Crippen LogP contribution is -2.23. The highest BCUT2D eigenvalue weighted by Gasteiger charge is 2.17. The van der Waals surface area contributed by atoms with Crippen molar-refractivity contribution >= 4 is 27.5 Å². The van der Waals surface area contributed by atoms with Gasteiger partial charge in [0, 0.05) is 12.1 Å². The van der Waals surface area contributed by atoms with Gasteiger partial charge in [-0.3, -0.25) is 4.79 Å². The minimum Gasteiger partial charge on any atom is -0.486 e. The Bertz CT molecular complexity index is 1050. The van der Waals surface area contributed by atoms with E-state index in [-0.39, 0.29) is 10.2 Å². The van der Waals surface area contributed by atoms with Crippen LogP contribution in [0.3, 0.4) is 0 Å². The second kappa shape index (κ2) is 7.74. The summed E-state index contributed by atoms with van der Waals surface area (Å²) in [6.07, 6.45) is 1.22. The lowest BCUT2D eigenvalue weighted by atomic mass is 10.2. The molecule has 27 heavy (non-hydrogen) atoms. The van der Waals surface area contributed by atoms with E-state index >= 15 is 0 Å². The predicted octanol–water partition coefficient (Wildman–Crippen LogP) is 4.95. The van der Waals surface area contributed by atoms with Crippen LogP contribution in [0.1, 0.15) is 11.1 Å². The number of para-hydroxylation sites is 1. The van der Waals surface area contributed by atoms with E-state index in [1.165, 1.54) is 6.20 Å². The molecule has 0 bridgehead atoms. The third kappa shape index (κ3) is 3.86. The van der Waals surface area contributed by atoms with Crippen molar-refractivity contribution in [2.75, 3.05) is 0 Å². The zero-order chi connectivity index (χ0) is 19.7. The van der Waals surface area contributed by atoms with Crippen LogP contribution in [0.2, 0.25) is 5.02 Å². The lowest BCUT2D eigenvalue weighted by Gasteiger charge is -2.13. The molecule has 0 aliphatic carbocycles. The second-order valence-electron chi connectivity index (χ2n) is 5.58. The third-order valence-electron chi connectivity index (χ3n) is 3.77. The zero-order valence-electron chi connectivity index (χ0n) is 13.8. The number of rotatable bonds is 4. The number of nitrogens with zero attached hydrogens (tertiary/aromatic N) is 2. The van der Waals surface area contributed by atoms with Gasteiger partial charge in [0.05, 0.1) is 22.5 Å². The molecule has 2 aromatic carbocycles. The highest BCUT2D eigenvalue weighted by molar-refractivity contribution is 9.10. The molecule has 0 fully saturated rings. The van der Waals surface area contributed by atoms with E-state index in [0.29, 0.717) is 22.8 Å². The highest BCUT2D eigenvalue weighted by Crippen LogP contribution is 2.26. The van der Waals surface area contributed by atoms with Gasteiger partial charge >= 0.3 is 0 Å². The Morgan fingerprint density at radius 1 is 1.22 bits per heavy atom. The first-order valence-electron chi connectivity index (χ1n) is 7.59. The largest absolute Gasteiger partial charge is 0.486 e. The van der Waals surface area contributed by atoms with Crippen LogP contribution in [-0.2, 0) is 6.61 Å². The number of hydrogen-bond donors (Lipinski definition) is 0. The molecule has 4 nitrogen and oxygen atoms in total. The van der Waals surface area contributed by atoms with Crippen LogP contribution < -0.4 is 10.3 Å². The van der Waals surface area contributed by atoms with E-state index in [1.807, 2.05) is 0 Å². The fourth-order valence-electron chi connectivity index (χ4n) is 2.43. The Balaban J connectivity index is 1.94. The average molecular weight is 460 g/mol. The molecule has 0 saturated heterocycles. The molecule has 0 saturated carbocycles. The molecule has 140 valence electrons. The van der Waals surface area contributed by atoms with Crippen molar-refractivity contribution in [1.29, 1.82) is 0 Å². The van der Waals surface area contributed by atoms with Crippen LogP contribution in [0, 0.1) is 24.4 Å². The molecule has 1 heterocycles. The molecule has 3 aromatic rings. The first-order valence-corrected chi connectivity index (χ1v) is 8.76. The summed E-state index contributed by atoms with van der Waals surface area (Å²) in [5.74, 6) is -3.23. The molecule has 0 radical (unpaired) electrons. The normalized spacial score (nSPS) is 10.9. The summed E-state index contributed by atoms with van der Waals surface area (Å²) in [4.78, 5) is 12.6. The Morgan fingerprint density at radius 2 is 1.89 bits per heavy atom. The predicted molar refractivity (Wildman–Crippen MR) is 97.9 cm³/mol. The maximum Gasteiger partial charge on any atom is 0.289 e. The number of aromatic nitrogens is 2. The Kier molecular flexibility index (Phi) is 5.57. The molecular weight excluding hydrogens is 449 g/mol. The summed E-state index contributed by atoms with van der Waals surface area (Å²) in [6.45, 7) is 1.22. The van der Waals surface area contributed by atoms with Gasteiger partial charge in [-0.2, -0.15) is 9.78 Å². The van der Waals surface area contributed by atoms with Crippen molar-refractivity contribution in [1.82, 2.24) is 9.78 Å². The molecule has 0 aliphatic rings. The number of aryl methyl sites for hydroxylation is 1. The fraction of sp³-hybridized carbons (Fsp3) is 0.111. The van der Waals surface area contributed by atoms with Crippen molar-refractivity contribution in [2.24, 2.45) is 0 Å². The summed E-state index contributed by atoms with van der Waals surface area (Å²) in [6, 6.07) is 6.23. The third-order valence-corrected chi connectivity index (χ3v) is 4.80. The molecule has 0 N–H and O–H groups in total. The van der Waals surface area contributed by atoms with Crippen LogP contribution in [-0.4, -0.2) is 9.78 Å². The van der Waals surface area contributed by atoms with E-state index < -0.39 is 35.2 Å². The summed E-state index contributed by atoms with van der Waals surface area (Å²) < 4.78 is 46.8. The standard InChI is InChI=1S/C18H11BrClF3N2O2/c1-9-3-2-4-12(20)17(9)25-18(26)16(19)15(7-24-25)27-8-11-13(22)5-10(21)6-14(11)23/h2-7H,8H2,1H3. The minimum absolute atomic E-state index is 0.000234. The molecular formula is C18H11BrClF3N2O2. The van der Waals surface area contributed by atoms with Gasteiger partial charge in [-0.1, -0.05) is 23.7 Å².